The minimum Gasteiger partial charge on any atom is -0.491 e. The van der Waals surface area contributed by atoms with Gasteiger partial charge in [0.1, 0.15) is 24.3 Å². The molecule has 1 aliphatic heterocycles. The van der Waals surface area contributed by atoms with E-state index < -0.39 is 23.8 Å². The molecule has 1 amide bonds. The first kappa shape index (κ1) is 24.0. The van der Waals surface area contributed by atoms with Crippen LogP contribution in [0.25, 0.3) is 0 Å². The number of nitrogens with one attached hydrogen (secondary N) is 1. The van der Waals surface area contributed by atoms with Gasteiger partial charge in [-0.25, -0.2) is 4.39 Å². The second-order valence-electron chi connectivity index (χ2n) is 7.59. The molecule has 2 aromatic carbocycles. The lowest BCUT2D eigenvalue weighted by Crippen LogP contribution is -2.50. The van der Waals surface area contributed by atoms with Crippen molar-refractivity contribution in [3.63, 3.8) is 0 Å². The van der Waals surface area contributed by atoms with Crippen LogP contribution < -0.4 is 10.1 Å². The lowest BCUT2D eigenvalue weighted by atomic mass is 10.1. The minimum atomic E-state index is -4.54. The van der Waals surface area contributed by atoms with E-state index in [2.05, 4.69) is 5.32 Å². The Bertz CT molecular complexity index is 885. The molecule has 2 N–H and O–H groups in total. The molecule has 0 radical (unpaired) electrons. The first-order chi connectivity index (χ1) is 15.2. The summed E-state index contributed by atoms with van der Waals surface area (Å²) in [5.74, 6) is -0.412. The van der Waals surface area contributed by atoms with Crippen LogP contribution in [0.3, 0.4) is 0 Å². The van der Waals surface area contributed by atoms with Crippen LogP contribution >= 0.6 is 0 Å². The molecule has 10 heteroatoms. The predicted octanol–water partition coefficient (Wildman–Crippen LogP) is 2.84. The smallest absolute Gasteiger partial charge is 0.418 e. The zero-order valence-electron chi connectivity index (χ0n) is 17.3. The number of benzene rings is 2. The number of hydrogen-bond donors (Lipinski definition) is 2. The topological polar surface area (TPSA) is 65.0 Å². The summed E-state index contributed by atoms with van der Waals surface area (Å²) in [6.07, 6.45) is -5.29. The number of alkyl halides is 3. The zero-order chi connectivity index (χ0) is 23.1. The number of nitrogens with zero attached hydrogens (tertiary/aromatic N) is 2. The van der Waals surface area contributed by atoms with Crippen LogP contribution in [0, 0.1) is 5.82 Å². The van der Waals surface area contributed by atoms with Crippen LogP contribution in [0.5, 0.6) is 5.75 Å². The minimum absolute atomic E-state index is 0.0176. The fraction of sp³-hybridized carbons (Fsp3) is 0.409. The van der Waals surface area contributed by atoms with Gasteiger partial charge >= 0.3 is 6.18 Å². The van der Waals surface area contributed by atoms with Crippen molar-refractivity contribution in [2.75, 3.05) is 51.2 Å². The first-order valence-corrected chi connectivity index (χ1v) is 10.2. The van der Waals surface area contributed by atoms with Gasteiger partial charge in [0.05, 0.1) is 17.8 Å². The second kappa shape index (κ2) is 10.8. The fourth-order valence-electron chi connectivity index (χ4n) is 3.44. The highest BCUT2D eigenvalue weighted by molar-refractivity contribution is 5.93. The Labute approximate surface area is 183 Å². The maximum atomic E-state index is 13.1. The van der Waals surface area contributed by atoms with Crippen molar-refractivity contribution in [3.8, 4) is 5.75 Å². The van der Waals surface area contributed by atoms with Gasteiger partial charge in [0, 0.05) is 32.7 Å². The van der Waals surface area contributed by atoms with Crippen LogP contribution in [0.4, 0.5) is 23.2 Å². The van der Waals surface area contributed by atoms with E-state index in [4.69, 9.17) is 4.74 Å². The van der Waals surface area contributed by atoms with Crippen molar-refractivity contribution in [2.24, 2.45) is 0 Å². The van der Waals surface area contributed by atoms with E-state index in [-0.39, 0.29) is 24.7 Å². The number of carbonyl (C=O) groups excluding carboxylic acids is 1. The fourth-order valence-corrected chi connectivity index (χ4v) is 3.44. The van der Waals surface area contributed by atoms with E-state index in [9.17, 15) is 27.5 Å². The van der Waals surface area contributed by atoms with Crippen molar-refractivity contribution < 1.29 is 32.2 Å². The summed E-state index contributed by atoms with van der Waals surface area (Å²) in [4.78, 5) is 16.1. The van der Waals surface area contributed by atoms with Gasteiger partial charge in [-0.05, 0) is 36.4 Å². The molecule has 0 aliphatic carbocycles. The molecule has 0 bridgehead atoms. The summed E-state index contributed by atoms with van der Waals surface area (Å²) >= 11 is 0. The lowest BCUT2D eigenvalue weighted by molar-refractivity contribution is -0.137. The van der Waals surface area contributed by atoms with Gasteiger partial charge in [-0.1, -0.05) is 12.1 Å². The number of carbonyl (C=O) groups is 1. The van der Waals surface area contributed by atoms with Crippen molar-refractivity contribution >= 4 is 11.6 Å². The van der Waals surface area contributed by atoms with Gasteiger partial charge in [-0.3, -0.25) is 14.6 Å². The molecule has 3 rings (SSSR count). The Kier molecular flexibility index (Phi) is 8.05. The Balaban J connectivity index is 1.39. The lowest BCUT2D eigenvalue weighted by Gasteiger charge is -2.35. The Morgan fingerprint density at radius 1 is 1.03 bits per heavy atom. The number of halogens is 4. The number of rotatable bonds is 8. The molecular formula is C22H25F4N3O3. The maximum Gasteiger partial charge on any atom is 0.418 e. The average Bonchev–Trinajstić information content (AvgIpc) is 2.74. The van der Waals surface area contributed by atoms with E-state index in [0.29, 0.717) is 38.5 Å². The van der Waals surface area contributed by atoms with Crippen LogP contribution in [0.2, 0.25) is 0 Å². The van der Waals surface area contributed by atoms with E-state index in [1.54, 1.807) is 0 Å². The van der Waals surface area contributed by atoms with Crippen molar-refractivity contribution in [3.05, 3.63) is 59.9 Å². The van der Waals surface area contributed by atoms with E-state index >= 15 is 0 Å². The third-order valence-corrected chi connectivity index (χ3v) is 5.06. The molecule has 174 valence electrons. The highest BCUT2D eigenvalue weighted by Gasteiger charge is 2.33. The number of para-hydroxylation sites is 1. The predicted molar refractivity (Wildman–Crippen MR) is 111 cm³/mol. The van der Waals surface area contributed by atoms with E-state index in [1.165, 1.54) is 42.5 Å². The van der Waals surface area contributed by atoms with Gasteiger partial charge in [-0.2, -0.15) is 13.2 Å². The van der Waals surface area contributed by atoms with Gasteiger partial charge < -0.3 is 15.2 Å². The average molecular weight is 455 g/mol. The number of piperazine rings is 1. The first-order valence-electron chi connectivity index (χ1n) is 10.2. The monoisotopic (exact) mass is 455 g/mol. The van der Waals surface area contributed by atoms with Gasteiger partial charge in [0.2, 0.25) is 5.91 Å². The molecule has 1 fully saturated rings. The molecule has 6 nitrogen and oxygen atoms in total. The van der Waals surface area contributed by atoms with Crippen molar-refractivity contribution in [1.82, 2.24) is 9.80 Å². The standard InChI is InChI=1S/C22H25F4N3O3/c23-16-5-7-18(8-6-16)32-15-17(30)13-28-9-11-29(12-10-28)14-21(31)27-20-4-2-1-3-19(20)22(24,25)26/h1-8,17,30H,9-15H2,(H,27,31). The van der Waals surface area contributed by atoms with E-state index in [0.717, 1.165) is 6.07 Å². The Hall–Kier alpha value is -2.69. The number of amides is 1. The number of hydrogen-bond acceptors (Lipinski definition) is 5. The molecule has 1 aliphatic rings. The molecule has 32 heavy (non-hydrogen) atoms. The largest absolute Gasteiger partial charge is 0.491 e. The molecule has 0 spiro atoms. The van der Waals surface area contributed by atoms with Crippen LogP contribution in [0.1, 0.15) is 5.56 Å². The summed E-state index contributed by atoms with van der Waals surface area (Å²) < 4.78 is 57.5. The van der Waals surface area contributed by atoms with Crippen molar-refractivity contribution in [2.45, 2.75) is 12.3 Å². The molecule has 1 unspecified atom stereocenters. The number of anilines is 1. The molecule has 1 atom stereocenters. The number of aliphatic hydroxyl groups excluding tert-OH is 1. The molecule has 1 saturated heterocycles. The highest BCUT2D eigenvalue weighted by Crippen LogP contribution is 2.34. The Morgan fingerprint density at radius 2 is 1.66 bits per heavy atom. The molecule has 0 saturated carbocycles. The maximum absolute atomic E-state index is 13.1. The van der Waals surface area contributed by atoms with Gasteiger partial charge in [0.25, 0.3) is 0 Å². The summed E-state index contributed by atoms with van der Waals surface area (Å²) in [5.41, 5.74) is -1.14. The SMILES string of the molecule is O=C(CN1CCN(CC(O)COc2ccc(F)cc2)CC1)Nc1ccccc1C(F)(F)F. The van der Waals surface area contributed by atoms with Crippen LogP contribution in [-0.2, 0) is 11.0 Å². The zero-order valence-corrected chi connectivity index (χ0v) is 17.3. The molecule has 1 heterocycles. The van der Waals surface area contributed by atoms with Crippen LogP contribution in [0.15, 0.2) is 48.5 Å². The third kappa shape index (κ3) is 7.18. The summed E-state index contributed by atoms with van der Waals surface area (Å²) in [6.45, 7) is 2.70. The van der Waals surface area contributed by atoms with Crippen LogP contribution in [-0.4, -0.2) is 72.8 Å². The summed E-state index contributed by atoms with van der Waals surface area (Å²) in [7, 11) is 0. The summed E-state index contributed by atoms with van der Waals surface area (Å²) in [5, 5.41) is 12.5. The van der Waals surface area contributed by atoms with Gasteiger partial charge in [-0.15, -0.1) is 0 Å². The van der Waals surface area contributed by atoms with Crippen molar-refractivity contribution in [1.29, 1.82) is 0 Å². The summed E-state index contributed by atoms with van der Waals surface area (Å²) in [6, 6.07) is 10.4. The quantitative estimate of drug-likeness (QED) is 0.600. The molecule has 0 aromatic heterocycles. The number of ether oxygens (including phenoxy) is 1. The highest BCUT2D eigenvalue weighted by atomic mass is 19.4. The second-order valence-corrected chi connectivity index (χ2v) is 7.59. The van der Waals surface area contributed by atoms with E-state index in [1.807, 2.05) is 9.80 Å². The Morgan fingerprint density at radius 3 is 2.31 bits per heavy atom. The number of β-amino-alcohol motifs (C(OH)–C–C–N with tert-alkyl or cyclic N) is 1. The molecular weight excluding hydrogens is 430 g/mol. The normalized spacial score (nSPS) is 16.5. The third-order valence-electron chi connectivity index (χ3n) is 5.06. The van der Waals surface area contributed by atoms with Gasteiger partial charge in [0.15, 0.2) is 0 Å². The molecule has 2 aromatic rings. The number of aliphatic hydroxyl groups is 1.